The van der Waals surface area contributed by atoms with E-state index in [0.717, 1.165) is 31.2 Å². The van der Waals surface area contributed by atoms with Crippen LogP contribution in [0.4, 0.5) is 9.59 Å². The van der Waals surface area contributed by atoms with E-state index in [9.17, 15) is 19.2 Å². The van der Waals surface area contributed by atoms with E-state index < -0.39 is 41.6 Å². The highest BCUT2D eigenvalue weighted by atomic mass is 16.6. The molecule has 3 amide bonds. The van der Waals surface area contributed by atoms with Crippen LogP contribution in [-0.2, 0) is 30.4 Å². The number of methoxy groups -OCH3 is 1. The normalized spacial score (nSPS) is 15.5. The minimum atomic E-state index is -1.18. The molecule has 188 valence electrons. The van der Waals surface area contributed by atoms with Gasteiger partial charge in [0.25, 0.3) is 0 Å². The highest BCUT2D eigenvalue weighted by Gasteiger charge is 2.36. The maximum absolute atomic E-state index is 13.0. The Morgan fingerprint density at radius 2 is 1.65 bits per heavy atom. The lowest BCUT2D eigenvalue weighted by molar-refractivity contribution is -0.145. The number of esters is 1. The molecule has 0 unspecified atom stereocenters. The van der Waals surface area contributed by atoms with Crippen LogP contribution in [0.15, 0.2) is 30.3 Å². The van der Waals surface area contributed by atoms with E-state index in [-0.39, 0.29) is 19.3 Å². The molecule has 2 rings (SSSR count). The summed E-state index contributed by atoms with van der Waals surface area (Å²) in [5.41, 5.74) is 0.126. The molecule has 10 nitrogen and oxygen atoms in total. The fourth-order valence-electron chi connectivity index (χ4n) is 3.53. The zero-order chi connectivity index (χ0) is 25.1. The third kappa shape index (κ3) is 8.92. The Morgan fingerprint density at radius 3 is 2.24 bits per heavy atom. The molecule has 3 N–H and O–H groups in total. The van der Waals surface area contributed by atoms with Crippen LogP contribution in [0, 0.1) is 5.41 Å². The van der Waals surface area contributed by atoms with Crippen molar-refractivity contribution in [1.82, 2.24) is 16.0 Å². The maximum atomic E-state index is 13.0. The van der Waals surface area contributed by atoms with E-state index in [4.69, 9.17) is 14.2 Å². The number of hydrogen-bond acceptors (Lipinski definition) is 7. The Kier molecular flexibility index (Phi) is 10.2. The Morgan fingerprint density at radius 1 is 1.00 bits per heavy atom. The number of alkyl carbamates (subject to hydrolysis) is 2. The summed E-state index contributed by atoms with van der Waals surface area (Å²) in [6.45, 7) is 5.13. The summed E-state index contributed by atoms with van der Waals surface area (Å²) < 4.78 is 15.3. The Bertz CT molecular complexity index is 833. The van der Waals surface area contributed by atoms with Crippen LogP contribution in [0.5, 0.6) is 0 Å². The average Bonchev–Trinajstić information content (AvgIpc) is 3.31. The Labute approximate surface area is 200 Å². The third-order valence-electron chi connectivity index (χ3n) is 5.43. The van der Waals surface area contributed by atoms with Crippen molar-refractivity contribution in [1.29, 1.82) is 0 Å². The molecule has 0 aliphatic heterocycles. The van der Waals surface area contributed by atoms with Crippen LogP contribution in [0.2, 0.25) is 0 Å². The van der Waals surface area contributed by atoms with E-state index in [2.05, 4.69) is 16.0 Å². The maximum Gasteiger partial charge on any atom is 0.408 e. The van der Waals surface area contributed by atoms with E-state index in [1.54, 1.807) is 20.8 Å². The number of nitrogens with one attached hydrogen (secondary N) is 3. The lowest BCUT2D eigenvalue weighted by atomic mass is 9.86. The Balaban J connectivity index is 1.94. The van der Waals surface area contributed by atoms with Crippen molar-refractivity contribution in [2.75, 3.05) is 13.7 Å². The number of ether oxygens (including phenoxy) is 3. The van der Waals surface area contributed by atoms with Gasteiger partial charge in [0.1, 0.15) is 24.8 Å². The topological polar surface area (TPSA) is 132 Å². The van der Waals surface area contributed by atoms with Gasteiger partial charge >= 0.3 is 18.2 Å². The van der Waals surface area contributed by atoms with Crippen molar-refractivity contribution in [3.63, 3.8) is 0 Å². The molecule has 1 fully saturated rings. The van der Waals surface area contributed by atoms with E-state index in [1.807, 2.05) is 30.3 Å². The van der Waals surface area contributed by atoms with Gasteiger partial charge in [-0.15, -0.1) is 0 Å². The van der Waals surface area contributed by atoms with Crippen molar-refractivity contribution < 1.29 is 33.4 Å². The second-order valence-corrected chi connectivity index (χ2v) is 9.28. The SMILES string of the molecule is COC(=O)[C@H](CNC(=O)OCc1ccccc1)NC(=O)[C@@H](NC(=O)OC1CCCC1)C(C)(C)C. The summed E-state index contributed by atoms with van der Waals surface area (Å²) in [6, 6.07) is 6.94. The standard InChI is InChI=1S/C24H35N3O7/c1-24(2,3)19(27-23(31)34-17-12-8-9-13-17)20(28)26-18(21(29)32-4)14-25-22(30)33-15-16-10-6-5-7-11-16/h5-7,10-11,17-19H,8-9,12-15H2,1-4H3,(H,25,30)(H,26,28)(H,27,31)/t18-,19+/m0/s1. The van der Waals surface area contributed by atoms with Gasteiger partial charge in [-0.25, -0.2) is 14.4 Å². The Hall–Kier alpha value is -3.30. The largest absolute Gasteiger partial charge is 0.467 e. The predicted octanol–water partition coefficient (Wildman–Crippen LogP) is 2.65. The van der Waals surface area contributed by atoms with Gasteiger partial charge in [-0.1, -0.05) is 51.1 Å². The smallest absolute Gasteiger partial charge is 0.408 e. The molecule has 1 aromatic rings. The number of rotatable bonds is 9. The first-order chi connectivity index (χ1) is 16.1. The fourth-order valence-corrected chi connectivity index (χ4v) is 3.53. The number of carbonyl (C=O) groups excluding carboxylic acids is 4. The lowest BCUT2D eigenvalue weighted by Gasteiger charge is -2.31. The van der Waals surface area contributed by atoms with Gasteiger partial charge < -0.3 is 30.2 Å². The number of carbonyl (C=O) groups is 4. The van der Waals surface area contributed by atoms with Gasteiger partial charge in [-0.3, -0.25) is 4.79 Å². The van der Waals surface area contributed by atoms with E-state index >= 15 is 0 Å². The van der Waals surface area contributed by atoms with Crippen molar-refractivity contribution in [2.45, 2.75) is 71.2 Å². The molecule has 1 aliphatic rings. The average molecular weight is 478 g/mol. The van der Waals surface area contributed by atoms with Gasteiger partial charge in [0.2, 0.25) is 5.91 Å². The second-order valence-electron chi connectivity index (χ2n) is 9.28. The summed E-state index contributed by atoms with van der Waals surface area (Å²) in [5.74, 6) is -1.36. The molecule has 1 saturated carbocycles. The van der Waals surface area contributed by atoms with Gasteiger partial charge in [-0.2, -0.15) is 0 Å². The van der Waals surface area contributed by atoms with Crippen LogP contribution in [0.3, 0.4) is 0 Å². The van der Waals surface area contributed by atoms with Crippen LogP contribution in [0.25, 0.3) is 0 Å². The quantitative estimate of drug-likeness (QED) is 0.368. The highest BCUT2D eigenvalue weighted by molar-refractivity contribution is 5.90. The molecule has 0 aromatic heterocycles. The molecule has 0 heterocycles. The van der Waals surface area contributed by atoms with Crippen molar-refractivity contribution in [3.05, 3.63) is 35.9 Å². The second kappa shape index (κ2) is 12.8. The van der Waals surface area contributed by atoms with Crippen LogP contribution < -0.4 is 16.0 Å². The molecule has 2 atom stereocenters. The third-order valence-corrected chi connectivity index (χ3v) is 5.43. The summed E-state index contributed by atoms with van der Waals surface area (Å²) in [5, 5.41) is 7.61. The molecule has 0 spiro atoms. The van der Waals surface area contributed by atoms with Crippen LogP contribution in [0.1, 0.15) is 52.0 Å². The number of hydrogen-bond donors (Lipinski definition) is 3. The van der Waals surface area contributed by atoms with E-state index in [0.29, 0.717) is 0 Å². The number of benzene rings is 1. The molecule has 0 bridgehead atoms. The van der Waals surface area contributed by atoms with Crippen LogP contribution >= 0.6 is 0 Å². The highest BCUT2D eigenvalue weighted by Crippen LogP contribution is 2.23. The molecule has 1 aromatic carbocycles. The monoisotopic (exact) mass is 477 g/mol. The summed E-state index contributed by atoms with van der Waals surface area (Å²) in [7, 11) is 1.17. The number of amides is 3. The first kappa shape index (κ1) is 26.9. The first-order valence-corrected chi connectivity index (χ1v) is 11.4. The van der Waals surface area contributed by atoms with Gasteiger partial charge in [-0.05, 0) is 36.7 Å². The summed E-state index contributed by atoms with van der Waals surface area (Å²) >= 11 is 0. The molecular formula is C24H35N3O7. The molecular weight excluding hydrogens is 442 g/mol. The summed E-state index contributed by atoms with van der Waals surface area (Å²) in [4.78, 5) is 49.6. The van der Waals surface area contributed by atoms with Crippen LogP contribution in [-0.4, -0.2) is 55.9 Å². The minimum absolute atomic E-state index is 0.0566. The van der Waals surface area contributed by atoms with Gasteiger partial charge in [0, 0.05) is 0 Å². The zero-order valence-electron chi connectivity index (χ0n) is 20.2. The lowest BCUT2D eigenvalue weighted by Crippen LogP contribution is -2.58. The van der Waals surface area contributed by atoms with Crippen molar-refractivity contribution >= 4 is 24.1 Å². The fraction of sp³-hybridized carbons (Fsp3) is 0.583. The molecule has 0 saturated heterocycles. The van der Waals surface area contributed by atoms with Crippen molar-refractivity contribution in [2.24, 2.45) is 5.41 Å². The van der Waals surface area contributed by atoms with Crippen molar-refractivity contribution in [3.8, 4) is 0 Å². The molecule has 10 heteroatoms. The minimum Gasteiger partial charge on any atom is -0.467 e. The predicted molar refractivity (Wildman–Crippen MR) is 124 cm³/mol. The molecule has 34 heavy (non-hydrogen) atoms. The first-order valence-electron chi connectivity index (χ1n) is 11.4. The zero-order valence-corrected chi connectivity index (χ0v) is 20.2. The van der Waals surface area contributed by atoms with Gasteiger partial charge in [0.05, 0.1) is 13.7 Å². The van der Waals surface area contributed by atoms with Gasteiger partial charge in [0.15, 0.2) is 0 Å². The molecule has 1 aliphatic carbocycles. The summed E-state index contributed by atoms with van der Waals surface area (Å²) in [6.07, 6.45) is 2.02. The van der Waals surface area contributed by atoms with E-state index in [1.165, 1.54) is 7.11 Å². The molecule has 0 radical (unpaired) electrons.